The summed E-state index contributed by atoms with van der Waals surface area (Å²) in [4.78, 5) is 0. The minimum atomic E-state index is -0.712. The van der Waals surface area contributed by atoms with Crippen molar-refractivity contribution in [1.82, 2.24) is 0 Å². The molecule has 0 amide bonds. The van der Waals surface area contributed by atoms with Crippen LogP contribution in [-0.2, 0) is 6.42 Å². The Balaban J connectivity index is 1.34. The molecule has 1 nitrogen and oxygen atoms in total. The van der Waals surface area contributed by atoms with Crippen LogP contribution in [0.25, 0.3) is 0 Å². The third kappa shape index (κ3) is 7.91. The van der Waals surface area contributed by atoms with Crippen molar-refractivity contribution in [3.05, 3.63) is 59.4 Å². The highest BCUT2D eigenvalue weighted by atomic mass is 19.1. The number of nitriles is 1. The number of halogens is 1. The number of hydrogen-bond donors (Lipinski definition) is 0. The molecule has 0 radical (unpaired) electrons. The van der Waals surface area contributed by atoms with Gasteiger partial charge >= 0.3 is 0 Å². The highest BCUT2D eigenvalue weighted by molar-refractivity contribution is 5.26. The molecule has 2 saturated carbocycles. The lowest BCUT2D eigenvalue weighted by molar-refractivity contribution is 0.157. The lowest BCUT2D eigenvalue weighted by Crippen LogP contribution is -2.25. The van der Waals surface area contributed by atoms with Crippen molar-refractivity contribution in [3.63, 3.8) is 0 Å². The van der Waals surface area contributed by atoms with Crippen LogP contribution >= 0.6 is 0 Å². The van der Waals surface area contributed by atoms with Crippen molar-refractivity contribution in [3.8, 4) is 6.07 Å². The van der Waals surface area contributed by atoms with Crippen LogP contribution in [0.2, 0.25) is 0 Å². The zero-order valence-corrected chi connectivity index (χ0v) is 20.1. The predicted molar refractivity (Wildman–Crippen MR) is 133 cm³/mol. The second-order valence-electron chi connectivity index (χ2n) is 10.2. The topological polar surface area (TPSA) is 23.8 Å². The second kappa shape index (κ2) is 13.6. The molecule has 32 heavy (non-hydrogen) atoms. The fourth-order valence-electron chi connectivity index (χ4n) is 6.03. The van der Waals surface area contributed by atoms with Crippen LogP contribution in [0.5, 0.6) is 0 Å². The lowest BCUT2D eigenvalue weighted by atomic mass is 9.68. The fourth-order valence-corrected chi connectivity index (χ4v) is 6.03. The van der Waals surface area contributed by atoms with E-state index in [4.69, 9.17) is 5.26 Å². The van der Waals surface area contributed by atoms with E-state index in [1.54, 1.807) is 11.6 Å². The Hall–Kier alpha value is -1.88. The largest absolute Gasteiger partial charge is 0.199 e. The van der Waals surface area contributed by atoms with Crippen LogP contribution in [0.4, 0.5) is 4.39 Å². The molecule has 2 heteroatoms. The molecule has 2 aliphatic rings. The first kappa shape index (κ1) is 24.8. The highest BCUT2D eigenvalue weighted by Gasteiger charge is 2.31. The Kier molecular flexibility index (Phi) is 10.5. The van der Waals surface area contributed by atoms with Crippen molar-refractivity contribution in [1.29, 1.82) is 5.26 Å². The molecule has 0 bridgehead atoms. The maximum absolute atomic E-state index is 12.8. The summed E-state index contributed by atoms with van der Waals surface area (Å²) < 4.78 is 12.8. The molecular formula is C30H42FN. The minimum Gasteiger partial charge on any atom is -0.195 e. The SMILES string of the molecule is CCCCCc1ccc(C2CCC(C3CCC(CCC=CC=C(F)C#N)CC3)CC2)cc1. The van der Waals surface area contributed by atoms with Gasteiger partial charge in [0.05, 0.1) is 0 Å². The molecule has 2 fully saturated rings. The standard InChI is InChI=1S/C30H42FN/c1-2-3-5-8-24-11-15-26(16-12-24)28-19-21-29(22-20-28)27-17-13-25(14-18-27)9-6-4-7-10-30(31)23-32/h4,7,10-12,15-16,25,27-29H,2-3,5-6,8-9,13-14,17-22H2,1H3. The maximum atomic E-state index is 12.8. The van der Waals surface area contributed by atoms with Gasteiger partial charge in [0, 0.05) is 0 Å². The van der Waals surface area contributed by atoms with E-state index < -0.39 is 5.83 Å². The van der Waals surface area contributed by atoms with Gasteiger partial charge in [-0.3, -0.25) is 0 Å². The summed E-state index contributed by atoms with van der Waals surface area (Å²) in [6, 6.07) is 11.1. The monoisotopic (exact) mass is 435 g/mol. The molecule has 1 aromatic rings. The molecule has 0 heterocycles. The average molecular weight is 436 g/mol. The predicted octanol–water partition coefficient (Wildman–Crippen LogP) is 9.21. The van der Waals surface area contributed by atoms with E-state index in [0.717, 1.165) is 30.1 Å². The van der Waals surface area contributed by atoms with Gasteiger partial charge in [-0.1, -0.05) is 69.0 Å². The number of rotatable bonds is 10. The highest BCUT2D eigenvalue weighted by Crippen LogP contribution is 2.44. The summed E-state index contributed by atoms with van der Waals surface area (Å²) in [5, 5.41) is 8.42. The van der Waals surface area contributed by atoms with Crippen LogP contribution in [0.1, 0.15) is 107 Å². The van der Waals surface area contributed by atoms with Gasteiger partial charge in [0.2, 0.25) is 0 Å². The summed E-state index contributed by atoms with van der Waals surface area (Å²) in [5.74, 6) is 2.78. The molecular weight excluding hydrogens is 393 g/mol. The van der Waals surface area contributed by atoms with Gasteiger partial charge < -0.3 is 0 Å². The van der Waals surface area contributed by atoms with Crippen molar-refractivity contribution in [2.75, 3.05) is 0 Å². The summed E-state index contributed by atoms with van der Waals surface area (Å²) >= 11 is 0. The summed E-state index contributed by atoms with van der Waals surface area (Å²) in [6.07, 6.45) is 23.4. The average Bonchev–Trinajstić information content (AvgIpc) is 2.85. The lowest BCUT2D eigenvalue weighted by Gasteiger charge is -2.38. The smallest absolute Gasteiger partial charge is 0.195 e. The quantitative estimate of drug-likeness (QED) is 0.204. The van der Waals surface area contributed by atoms with E-state index in [-0.39, 0.29) is 0 Å². The Labute approximate surface area is 195 Å². The molecule has 3 rings (SSSR count). The van der Waals surface area contributed by atoms with Gasteiger partial charge in [0.25, 0.3) is 0 Å². The van der Waals surface area contributed by atoms with E-state index in [2.05, 4.69) is 31.2 Å². The molecule has 1 aromatic carbocycles. The Morgan fingerprint density at radius 1 is 0.969 bits per heavy atom. The summed E-state index contributed by atoms with van der Waals surface area (Å²) in [6.45, 7) is 2.27. The van der Waals surface area contributed by atoms with Gasteiger partial charge in [0.1, 0.15) is 6.07 Å². The number of allylic oxidation sites excluding steroid dienone is 4. The number of benzene rings is 1. The molecule has 2 aliphatic carbocycles. The number of aryl methyl sites for hydroxylation is 1. The molecule has 0 unspecified atom stereocenters. The van der Waals surface area contributed by atoms with Crippen LogP contribution < -0.4 is 0 Å². The van der Waals surface area contributed by atoms with E-state index >= 15 is 0 Å². The van der Waals surface area contributed by atoms with Gasteiger partial charge in [-0.25, -0.2) is 0 Å². The molecule has 0 aromatic heterocycles. The van der Waals surface area contributed by atoms with Gasteiger partial charge in [0.15, 0.2) is 5.83 Å². The first-order valence-electron chi connectivity index (χ1n) is 13.2. The second-order valence-corrected chi connectivity index (χ2v) is 10.2. The van der Waals surface area contributed by atoms with Crippen LogP contribution in [-0.4, -0.2) is 0 Å². The normalized spacial score (nSPS) is 26.8. The summed E-state index contributed by atoms with van der Waals surface area (Å²) in [7, 11) is 0. The number of nitrogens with zero attached hydrogens (tertiary/aromatic N) is 1. The van der Waals surface area contributed by atoms with E-state index in [9.17, 15) is 4.39 Å². The van der Waals surface area contributed by atoms with Crippen LogP contribution in [0.3, 0.4) is 0 Å². The maximum Gasteiger partial charge on any atom is 0.199 e. The van der Waals surface area contributed by atoms with E-state index in [1.807, 2.05) is 6.08 Å². The van der Waals surface area contributed by atoms with Gasteiger partial charge in [-0.05, 0) is 105 Å². The minimum absolute atomic E-state index is 0.712. The van der Waals surface area contributed by atoms with Gasteiger partial charge in [-0.15, -0.1) is 0 Å². The zero-order chi connectivity index (χ0) is 22.6. The number of hydrogen-bond acceptors (Lipinski definition) is 1. The Bertz CT molecular complexity index is 753. The van der Waals surface area contributed by atoms with Crippen LogP contribution in [0.15, 0.2) is 48.3 Å². The van der Waals surface area contributed by atoms with Crippen molar-refractivity contribution >= 4 is 0 Å². The van der Waals surface area contributed by atoms with Crippen molar-refractivity contribution < 1.29 is 4.39 Å². The Morgan fingerprint density at radius 2 is 1.62 bits per heavy atom. The molecule has 0 saturated heterocycles. The first-order valence-corrected chi connectivity index (χ1v) is 13.2. The van der Waals surface area contributed by atoms with Crippen LogP contribution in [0, 0.1) is 29.1 Å². The fraction of sp³-hybridized carbons (Fsp3) is 0.633. The third-order valence-corrected chi connectivity index (χ3v) is 8.08. The molecule has 0 spiro atoms. The van der Waals surface area contributed by atoms with E-state index in [0.29, 0.717) is 0 Å². The molecule has 0 N–H and O–H groups in total. The zero-order valence-electron chi connectivity index (χ0n) is 20.1. The van der Waals surface area contributed by atoms with Gasteiger partial charge in [-0.2, -0.15) is 9.65 Å². The number of unbranched alkanes of at least 4 members (excludes halogenated alkanes) is 2. The molecule has 174 valence electrons. The van der Waals surface area contributed by atoms with E-state index in [1.165, 1.54) is 101 Å². The van der Waals surface area contributed by atoms with Crippen molar-refractivity contribution in [2.24, 2.45) is 17.8 Å². The first-order chi connectivity index (χ1) is 15.7. The molecule has 0 aliphatic heterocycles. The molecule has 0 atom stereocenters. The Morgan fingerprint density at radius 3 is 2.25 bits per heavy atom. The summed E-state index contributed by atoms with van der Waals surface area (Å²) in [5.41, 5.74) is 3.08. The third-order valence-electron chi connectivity index (χ3n) is 8.08. The van der Waals surface area contributed by atoms with Crippen molar-refractivity contribution in [2.45, 2.75) is 103 Å².